The molecule has 7 heteroatoms. The zero-order valence-electron chi connectivity index (χ0n) is 12.1. The van der Waals surface area contributed by atoms with Gasteiger partial charge in [0.15, 0.2) is 14.6 Å². The molecule has 0 spiro atoms. The van der Waals surface area contributed by atoms with Crippen LogP contribution in [0.15, 0.2) is 29.2 Å². The molecule has 0 bridgehead atoms. The third-order valence-electron chi connectivity index (χ3n) is 4.61. The van der Waals surface area contributed by atoms with Crippen LogP contribution in [0.4, 0.5) is 0 Å². The summed E-state index contributed by atoms with van der Waals surface area (Å²) in [4.78, 5) is 12.8. The number of hydrogen-bond acceptors (Lipinski definition) is 4. The molecule has 2 fully saturated rings. The van der Waals surface area contributed by atoms with Crippen molar-refractivity contribution >= 4 is 27.3 Å². The number of carbonyl (C=O) groups is 1. The van der Waals surface area contributed by atoms with Crippen LogP contribution in [0.25, 0.3) is 0 Å². The van der Waals surface area contributed by atoms with Gasteiger partial charge in [-0.05, 0) is 56.5 Å². The molecule has 1 heterocycles. The fourth-order valence-electron chi connectivity index (χ4n) is 3.05. The van der Waals surface area contributed by atoms with Crippen molar-refractivity contribution in [3.63, 3.8) is 0 Å². The highest BCUT2D eigenvalue weighted by Crippen LogP contribution is 2.43. The maximum atomic E-state index is 12.9. The highest BCUT2D eigenvalue weighted by Gasteiger charge is 2.55. The second-order valence-corrected chi connectivity index (χ2v) is 8.66. The van der Waals surface area contributed by atoms with Crippen molar-refractivity contribution in [1.82, 2.24) is 10.6 Å². The van der Waals surface area contributed by atoms with Gasteiger partial charge in [-0.3, -0.25) is 4.79 Å². The van der Waals surface area contributed by atoms with Crippen molar-refractivity contribution < 1.29 is 13.2 Å². The molecule has 1 amide bonds. The summed E-state index contributed by atoms with van der Waals surface area (Å²) in [7, 11) is -3.71. The van der Waals surface area contributed by atoms with E-state index in [0.717, 1.165) is 19.4 Å². The van der Waals surface area contributed by atoms with E-state index in [1.807, 2.05) is 0 Å². The van der Waals surface area contributed by atoms with Gasteiger partial charge in [-0.1, -0.05) is 11.6 Å². The summed E-state index contributed by atoms with van der Waals surface area (Å²) in [5.41, 5.74) is 0. The summed E-state index contributed by atoms with van der Waals surface area (Å²) >= 11 is 5.82. The molecule has 5 nitrogen and oxygen atoms in total. The Morgan fingerprint density at radius 1 is 1.27 bits per heavy atom. The maximum Gasteiger partial charge on any atom is 0.242 e. The first-order chi connectivity index (χ1) is 10.5. The molecule has 1 aliphatic carbocycles. The molecule has 22 heavy (non-hydrogen) atoms. The summed E-state index contributed by atoms with van der Waals surface area (Å²) in [6.07, 6.45) is 2.35. The van der Waals surface area contributed by atoms with Crippen LogP contribution in [0.5, 0.6) is 0 Å². The first-order valence-electron chi connectivity index (χ1n) is 7.48. The largest absolute Gasteiger partial charge is 0.351 e. The first-order valence-corrected chi connectivity index (χ1v) is 9.34. The molecule has 120 valence electrons. The van der Waals surface area contributed by atoms with Gasteiger partial charge in [0.1, 0.15) is 0 Å². The van der Waals surface area contributed by atoms with E-state index < -0.39 is 14.6 Å². The van der Waals surface area contributed by atoms with E-state index in [2.05, 4.69) is 10.6 Å². The average Bonchev–Trinajstić information content (AvgIpc) is 2.90. The molecule has 0 radical (unpaired) electrons. The van der Waals surface area contributed by atoms with Gasteiger partial charge in [0.25, 0.3) is 0 Å². The van der Waals surface area contributed by atoms with Crippen molar-refractivity contribution in [2.45, 2.75) is 41.4 Å². The van der Waals surface area contributed by atoms with Crippen LogP contribution in [0.1, 0.15) is 25.7 Å². The molecule has 1 saturated carbocycles. The lowest BCUT2D eigenvalue weighted by molar-refractivity contribution is -0.126. The Bertz CT molecular complexity index is 663. The van der Waals surface area contributed by atoms with Gasteiger partial charge < -0.3 is 10.6 Å². The van der Waals surface area contributed by atoms with E-state index in [4.69, 9.17) is 11.6 Å². The third kappa shape index (κ3) is 2.53. The summed E-state index contributed by atoms with van der Waals surface area (Å²) < 4.78 is 24.6. The van der Waals surface area contributed by atoms with Crippen LogP contribution in [0.2, 0.25) is 5.02 Å². The lowest BCUT2D eigenvalue weighted by Crippen LogP contribution is -2.58. The quantitative estimate of drug-likeness (QED) is 0.869. The van der Waals surface area contributed by atoms with Crippen LogP contribution < -0.4 is 10.6 Å². The fourth-order valence-corrected chi connectivity index (χ4v) is 5.25. The molecule has 2 aliphatic rings. The molecule has 1 aromatic rings. The SMILES string of the molecule is O=C(N[C@H]1CCNC1)C1(S(=O)(=O)c2ccc(Cl)cc2)CCC1. The standard InChI is InChI=1S/C15H19ClN2O3S/c16-11-2-4-13(5-3-11)22(20,21)15(7-1-8-15)14(19)18-12-6-9-17-10-12/h2-5,12,17H,1,6-10H2,(H,18,19)/t12-/m0/s1. The van der Waals surface area contributed by atoms with Gasteiger partial charge in [-0.25, -0.2) is 8.42 Å². The Hall–Kier alpha value is -1.11. The summed E-state index contributed by atoms with van der Waals surface area (Å²) in [6, 6.07) is 6.05. The predicted octanol–water partition coefficient (Wildman–Crippen LogP) is 1.51. The minimum atomic E-state index is -3.71. The van der Waals surface area contributed by atoms with Crippen LogP contribution >= 0.6 is 11.6 Å². The summed E-state index contributed by atoms with van der Waals surface area (Å²) in [5, 5.41) is 6.54. The molecule has 1 aromatic carbocycles. The molecular weight excluding hydrogens is 324 g/mol. The Morgan fingerprint density at radius 2 is 1.95 bits per heavy atom. The normalized spacial score (nSPS) is 23.8. The van der Waals surface area contributed by atoms with E-state index in [1.54, 1.807) is 12.1 Å². The van der Waals surface area contributed by atoms with Crippen LogP contribution in [-0.4, -0.2) is 38.2 Å². The molecule has 1 atom stereocenters. The highest BCUT2D eigenvalue weighted by molar-refractivity contribution is 7.93. The fraction of sp³-hybridized carbons (Fsp3) is 0.533. The number of nitrogens with one attached hydrogen (secondary N) is 2. The Morgan fingerprint density at radius 3 is 2.45 bits per heavy atom. The number of amides is 1. The molecule has 0 unspecified atom stereocenters. The van der Waals surface area contributed by atoms with Crippen molar-refractivity contribution in [3.05, 3.63) is 29.3 Å². The number of carbonyl (C=O) groups excluding carboxylic acids is 1. The number of halogens is 1. The van der Waals surface area contributed by atoms with E-state index >= 15 is 0 Å². The number of rotatable bonds is 4. The highest BCUT2D eigenvalue weighted by atomic mass is 35.5. The van der Waals surface area contributed by atoms with Crippen molar-refractivity contribution in [3.8, 4) is 0 Å². The Labute approximate surface area is 135 Å². The number of sulfone groups is 1. The Balaban J connectivity index is 1.87. The topological polar surface area (TPSA) is 75.3 Å². The molecule has 3 rings (SSSR count). The van der Waals surface area contributed by atoms with E-state index in [0.29, 0.717) is 24.4 Å². The minimum Gasteiger partial charge on any atom is -0.351 e. The van der Waals surface area contributed by atoms with Gasteiger partial charge in [0.05, 0.1) is 4.90 Å². The second-order valence-electron chi connectivity index (χ2n) is 5.97. The molecular formula is C15H19ClN2O3S. The van der Waals surface area contributed by atoms with Gasteiger partial charge in [-0.15, -0.1) is 0 Å². The smallest absolute Gasteiger partial charge is 0.242 e. The number of hydrogen-bond donors (Lipinski definition) is 2. The van der Waals surface area contributed by atoms with Crippen molar-refractivity contribution in [2.24, 2.45) is 0 Å². The molecule has 2 N–H and O–H groups in total. The maximum absolute atomic E-state index is 12.9. The molecule has 0 aromatic heterocycles. The zero-order valence-corrected chi connectivity index (χ0v) is 13.7. The second kappa shape index (κ2) is 5.83. The van der Waals surface area contributed by atoms with Crippen LogP contribution in [-0.2, 0) is 14.6 Å². The average molecular weight is 343 g/mol. The van der Waals surface area contributed by atoms with E-state index in [-0.39, 0.29) is 16.8 Å². The first kappa shape index (κ1) is 15.8. The summed E-state index contributed by atoms with van der Waals surface area (Å²) in [6.45, 7) is 1.55. The minimum absolute atomic E-state index is 0.0189. The van der Waals surface area contributed by atoms with Gasteiger partial charge >= 0.3 is 0 Å². The van der Waals surface area contributed by atoms with E-state index in [9.17, 15) is 13.2 Å². The molecule has 1 aliphatic heterocycles. The van der Waals surface area contributed by atoms with Crippen LogP contribution in [0, 0.1) is 0 Å². The summed E-state index contributed by atoms with van der Waals surface area (Å²) in [5.74, 6) is -0.359. The van der Waals surface area contributed by atoms with Gasteiger partial charge in [0, 0.05) is 17.6 Å². The lowest BCUT2D eigenvalue weighted by Gasteiger charge is -2.39. The third-order valence-corrected chi connectivity index (χ3v) is 7.38. The van der Waals surface area contributed by atoms with E-state index in [1.165, 1.54) is 12.1 Å². The zero-order chi connectivity index (χ0) is 15.8. The van der Waals surface area contributed by atoms with Gasteiger partial charge in [0.2, 0.25) is 5.91 Å². The van der Waals surface area contributed by atoms with Crippen LogP contribution in [0.3, 0.4) is 0 Å². The lowest BCUT2D eigenvalue weighted by atomic mass is 9.83. The number of benzene rings is 1. The van der Waals surface area contributed by atoms with Crippen molar-refractivity contribution in [1.29, 1.82) is 0 Å². The predicted molar refractivity (Wildman–Crippen MR) is 84.6 cm³/mol. The monoisotopic (exact) mass is 342 g/mol. The van der Waals surface area contributed by atoms with Gasteiger partial charge in [-0.2, -0.15) is 0 Å². The van der Waals surface area contributed by atoms with Crippen molar-refractivity contribution in [2.75, 3.05) is 13.1 Å². The Kier molecular flexibility index (Phi) is 4.18. The molecule has 1 saturated heterocycles.